The summed E-state index contributed by atoms with van der Waals surface area (Å²) >= 11 is 3.23. The Morgan fingerprint density at radius 3 is 2.82 bits per heavy atom. The van der Waals surface area contributed by atoms with Gasteiger partial charge in [-0.15, -0.1) is 0 Å². The van der Waals surface area contributed by atoms with Crippen LogP contribution < -0.4 is 9.46 Å². The van der Waals surface area contributed by atoms with E-state index in [0.717, 1.165) is 19.1 Å². The number of nitrogens with zero attached hydrogens (tertiary/aromatic N) is 1. The van der Waals surface area contributed by atoms with Crippen molar-refractivity contribution in [3.05, 3.63) is 16.7 Å². The van der Waals surface area contributed by atoms with Crippen molar-refractivity contribution in [1.29, 1.82) is 0 Å². The van der Waals surface area contributed by atoms with Crippen molar-refractivity contribution in [2.45, 2.75) is 19.8 Å². The predicted octanol–water partition coefficient (Wildman–Crippen LogP) is 2.39. The minimum Gasteiger partial charge on any atom is -0.476 e. The molecule has 0 fully saturated rings. The highest BCUT2D eigenvalue weighted by Crippen LogP contribution is 2.26. The first kappa shape index (κ1) is 14.2. The summed E-state index contributed by atoms with van der Waals surface area (Å²) in [4.78, 5) is 4.04. The second kappa shape index (κ2) is 6.20. The van der Waals surface area contributed by atoms with Gasteiger partial charge in [0.2, 0.25) is 15.9 Å². The van der Waals surface area contributed by atoms with E-state index < -0.39 is 10.0 Å². The van der Waals surface area contributed by atoms with E-state index in [1.165, 1.54) is 0 Å². The number of hydrogen-bond acceptors (Lipinski definition) is 4. The molecule has 0 saturated carbocycles. The summed E-state index contributed by atoms with van der Waals surface area (Å²) in [5.41, 5.74) is 0.345. The van der Waals surface area contributed by atoms with Crippen molar-refractivity contribution in [1.82, 2.24) is 4.98 Å². The first-order chi connectivity index (χ1) is 7.92. The number of anilines is 1. The third-order valence-electron chi connectivity index (χ3n) is 1.85. The number of hydrogen-bond donors (Lipinski definition) is 1. The summed E-state index contributed by atoms with van der Waals surface area (Å²) in [7, 11) is -3.34. The highest BCUT2D eigenvalue weighted by Gasteiger charge is 2.10. The maximum absolute atomic E-state index is 11.2. The van der Waals surface area contributed by atoms with Crippen molar-refractivity contribution >= 4 is 31.6 Å². The summed E-state index contributed by atoms with van der Waals surface area (Å²) in [6.45, 7) is 2.57. The van der Waals surface area contributed by atoms with Gasteiger partial charge in [-0.3, -0.25) is 4.72 Å². The summed E-state index contributed by atoms with van der Waals surface area (Å²) in [6, 6.07) is 1.62. The minimum absolute atomic E-state index is 0.298. The standard InChI is InChI=1S/C10H15BrN2O3S/c1-3-4-5-16-10-9(13-17(2,14)15)6-8(11)7-12-10/h6-7,13H,3-5H2,1-2H3. The van der Waals surface area contributed by atoms with Crippen molar-refractivity contribution < 1.29 is 13.2 Å². The zero-order chi connectivity index (χ0) is 12.9. The third-order valence-corrected chi connectivity index (χ3v) is 2.87. The summed E-state index contributed by atoms with van der Waals surface area (Å²) < 4.78 is 30.8. The summed E-state index contributed by atoms with van der Waals surface area (Å²) in [5, 5.41) is 0. The number of ether oxygens (including phenoxy) is 1. The van der Waals surface area contributed by atoms with Gasteiger partial charge in [-0.25, -0.2) is 13.4 Å². The van der Waals surface area contributed by atoms with Gasteiger partial charge < -0.3 is 4.74 Å². The van der Waals surface area contributed by atoms with Crippen LogP contribution in [0.5, 0.6) is 5.88 Å². The molecule has 1 aromatic heterocycles. The molecule has 1 rings (SSSR count). The van der Waals surface area contributed by atoms with Gasteiger partial charge in [0.15, 0.2) is 0 Å². The Balaban J connectivity index is 2.88. The molecule has 0 spiro atoms. The molecule has 0 unspecified atom stereocenters. The number of aromatic nitrogens is 1. The van der Waals surface area contributed by atoms with Crippen LogP contribution in [-0.4, -0.2) is 26.3 Å². The van der Waals surface area contributed by atoms with Gasteiger partial charge in [0.25, 0.3) is 0 Å². The summed E-state index contributed by atoms with van der Waals surface area (Å²) in [6.07, 6.45) is 4.56. The van der Waals surface area contributed by atoms with E-state index in [1.807, 2.05) is 6.92 Å². The van der Waals surface area contributed by atoms with Crippen LogP contribution in [0, 0.1) is 0 Å². The van der Waals surface area contributed by atoms with Crippen LogP contribution in [0.1, 0.15) is 19.8 Å². The second-order valence-corrected chi connectivity index (χ2v) is 6.25. The fourth-order valence-corrected chi connectivity index (χ4v) is 2.00. The Morgan fingerprint density at radius 2 is 2.24 bits per heavy atom. The molecule has 1 heterocycles. The van der Waals surface area contributed by atoms with E-state index in [9.17, 15) is 8.42 Å². The highest BCUT2D eigenvalue weighted by atomic mass is 79.9. The van der Waals surface area contributed by atoms with Crippen LogP contribution >= 0.6 is 15.9 Å². The van der Waals surface area contributed by atoms with Crippen molar-refractivity contribution in [2.24, 2.45) is 0 Å². The first-order valence-electron chi connectivity index (χ1n) is 5.18. The number of halogens is 1. The first-order valence-corrected chi connectivity index (χ1v) is 7.87. The molecular weight excluding hydrogens is 308 g/mol. The molecule has 7 heteroatoms. The van der Waals surface area contributed by atoms with Crippen molar-refractivity contribution in [2.75, 3.05) is 17.6 Å². The highest BCUT2D eigenvalue weighted by molar-refractivity contribution is 9.10. The molecule has 0 aliphatic heterocycles. The minimum atomic E-state index is -3.34. The Morgan fingerprint density at radius 1 is 1.53 bits per heavy atom. The van der Waals surface area contributed by atoms with Crippen LogP contribution in [0.2, 0.25) is 0 Å². The SMILES string of the molecule is CCCCOc1ncc(Br)cc1NS(C)(=O)=O. The molecule has 0 saturated heterocycles. The molecule has 1 N–H and O–H groups in total. The van der Waals surface area contributed by atoms with Crippen LogP contribution in [0.25, 0.3) is 0 Å². The maximum Gasteiger partial charge on any atom is 0.238 e. The zero-order valence-electron chi connectivity index (χ0n) is 9.73. The molecular formula is C10H15BrN2O3S. The predicted molar refractivity (Wildman–Crippen MR) is 70.8 cm³/mol. The molecule has 96 valence electrons. The average Bonchev–Trinajstić information content (AvgIpc) is 2.19. The maximum atomic E-state index is 11.2. The summed E-state index contributed by atoms with van der Waals surface area (Å²) in [5.74, 6) is 0.298. The largest absolute Gasteiger partial charge is 0.476 e. The molecule has 0 amide bonds. The monoisotopic (exact) mass is 322 g/mol. The van der Waals surface area contributed by atoms with Crippen LogP contribution in [0.3, 0.4) is 0 Å². The number of pyridine rings is 1. The molecule has 0 aliphatic carbocycles. The lowest BCUT2D eigenvalue weighted by Crippen LogP contribution is -2.12. The molecule has 0 atom stereocenters. The van der Waals surface area contributed by atoms with Gasteiger partial charge in [-0.2, -0.15) is 0 Å². The van der Waals surface area contributed by atoms with Gasteiger partial charge in [0.1, 0.15) is 5.69 Å². The third kappa shape index (κ3) is 5.36. The number of rotatable bonds is 6. The lowest BCUT2D eigenvalue weighted by molar-refractivity contribution is 0.299. The second-order valence-electron chi connectivity index (χ2n) is 3.58. The van der Waals surface area contributed by atoms with Gasteiger partial charge in [-0.05, 0) is 28.4 Å². The quantitative estimate of drug-likeness (QED) is 0.816. The Labute approximate surface area is 110 Å². The molecule has 17 heavy (non-hydrogen) atoms. The van der Waals surface area contributed by atoms with E-state index in [-0.39, 0.29) is 0 Å². The fraction of sp³-hybridized carbons (Fsp3) is 0.500. The Bertz CT molecular complexity index is 476. The molecule has 1 aromatic rings. The topological polar surface area (TPSA) is 68.3 Å². The van der Waals surface area contributed by atoms with E-state index in [0.29, 0.717) is 22.6 Å². The van der Waals surface area contributed by atoms with E-state index in [1.54, 1.807) is 12.3 Å². The van der Waals surface area contributed by atoms with Crippen molar-refractivity contribution in [3.8, 4) is 5.88 Å². The van der Waals surface area contributed by atoms with Crippen molar-refractivity contribution in [3.63, 3.8) is 0 Å². The van der Waals surface area contributed by atoms with E-state index in [2.05, 4.69) is 25.6 Å². The smallest absolute Gasteiger partial charge is 0.238 e. The normalized spacial score (nSPS) is 11.2. The van der Waals surface area contributed by atoms with Gasteiger partial charge >= 0.3 is 0 Å². The number of sulfonamides is 1. The molecule has 0 aromatic carbocycles. The lowest BCUT2D eigenvalue weighted by atomic mass is 10.3. The number of unbranched alkanes of at least 4 members (excludes halogenated alkanes) is 1. The fourth-order valence-electron chi connectivity index (χ4n) is 1.13. The Hall–Kier alpha value is -0.820. The molecule has 0 bridgehead atoms. The van der Waals surface area contributed by atoms with Gasteiger partial charge in [-0.1, -0.05) is 13.3 Å². The molecule has 0 radical (unpaired) electrons. The van der Waals surface area contributed by atoms with Crippen LogP contribution in [0.15, 0.2) is 16.7 Å². The number of nitrogens with one attached hydrogen (secondary N) is 1. The van der Waals surface area contributed by atoms with Crippen LogP contribution in [-0.2, 0) is 10.0 Å². The average molecular weight is 323 g/mol. The zero-order valence-corrected chi connectivity index (χ0v) is 12.1. The lowest BCUT2D eigenvalue weighted by Gasteiger charge is -2.11. The van der Waals surface area contributed by atoms with Crippen LogP contribution in [0.4, 0.5) is 5.69 Å². The van der Waals surface area contributed by atoms with E-state index >= 15 is 0 Å². The van der Waals surface area contributed by atoms with Gasteiger partial charge in [0, 0.05) is 10.7 Å². The molecule has 5 nitrogen and oxygen atoms in total. The van der Waals surface area contributed by atoms with E-state index in [4.69, 9.17) is 4.74 Å². The van der Waals surface area contributed by atoms with Gasteiger partial charge in [0.05, 0.1) is 12.9 Å². The molecule has 0 aliphatic rings. The Kier molecular flexibility index (Phi) is 5.20.